The van der Waals surface area contributed by atoms with Gasteiger partial charge in [-0.25, -0.2) is 24.1 Å². The number of thiazole rings is 1. The summed E-state index contributed by atoms with van der Waals surface area (Å²) in [6.07, 6.45) is 1.70. The summed E-state index contributed by atoms with van der Waals surface area (Å²) in [5.74, 6) is -0.293. The number of benzene rings is 2. The van der Waals surface area contributed by atoms with Crippen molar-refractivity contribution in [1.82, 2.24) is 19.9 Å². The van der Waals surface area contributed by atoms with Gasteiger partial charge in [-0.3, -0.25) is 10.3 Å². The lowest BCUT2D eigenvalue weighted by molar-refractivity contribution is 0.0969. The predicted molar refractivity (Wildman–Crippen MR) is 143 cm³/mol. The maximum atomic E-state index is 14.9. The Balaban J connectivity index is 1.34. The highest BCUT2D eigenvalue weighted by molar-refractivity contribution is 7.21. The zero-order valence-electron chi connectivity index (χ0n) is 21.1. The average Bonchev–Trinajstić information content (AvgIpc) is 3.34. The number of anilines is 1. The van der Waals surface area contributed by atoms with Gasteiger partial charge in [0.25, 0.3) is 0 Å². The summed E-state index contributed by atoms with van der Waals surface area (Å²) in [6, 6.07) is 11.7. The van der Waals surface area contributed by atoms with Crippen LogP contribution in [-0.4, -0.2) is 45.8 Å². The first kappa shape index (κ1) is 25.7. The number of ether oxygens (including phenoxy) is 3. The number of nitriles is 1. The fourth-order valence-electron chi connectivity index (χ4n) is 3.71. The lowest BCUT2D eigenvalue weighted by atomic mass is 10.1. The summed E-state index contributed by atoms with van der Waals surface area (Å²) >= 11 is 1.30. The van der Waals surface area contributed by atoms with Crippen molar-refractivity contribution in [3.05, 3.63) is 65.9 Å². The molecule has 2 aromatic carbocycles. The Morgan fingerprint density at radius 2 is 2.00 bits per heavy atom. The van der Waals surface area contributed by atoms with Crippen LogP contribution in [0.1, 0.15) is 18.2 Å². The van der Waals surface area contributed by atoms with Crippen LogP contribution in [0.5, 0.6) is 11.6 Å². The monoisotopic (exact) mass is 544 g/mol. The van der Waals surface area contributed by atoms with Crippen molar-refractivity contribution in [2.75, 3.05) is 19.0 Å². The van der Waals surface area contributed by atoms with Crippen molar-refractivity contribution < 1.29 is 23.4 Å². The van der Waals surface area contributed by atoms with Crippen molar-refractivity contribution in [2.24, 2.45) is 0 Å². The summed E-state index contributed by atoms with van der Waals surface area (Å²) in [6.45, 7) is 3.39. The maximum absolute atomic E-state index is 14.9. The van der Waals surface area contributed by atoms with Gasteiger partial charge in [-0.2, -0.15) is 5.26 Å². The molecule has 10 nitrogen and oxygen atoms in total. The number of pyridine rings is 1. The van der Waals surface area contributed by atoms with E-state index in [9.17, 15) is 14.4 Å². The van der Waals surface area contributed by atoms with Crippen LogP contribution >= 0.6 is 11.3 Å². The highest BCUT2D eigenvalue weighted by atomic mass is 32.1. The van der Waals surface area contributed by atoms with Crippen molar-refractivity contribution in [3.63, 3.8) is 0 Å². The topological polar surface area (TPSA) is 132 Å². The Kier molecular flexibility index (Phi) is 7.16. The SMILES string of the molecule is COc1cnc2c(-c3nc4cc(F)c(O[C@@H](C)COC(=O)Nc5ccc(C)nc5)cc4s3)cc(C#N)cc2n1. The highest BCUT2D eigenvalue weighted by Crippen LogP contribution is 2.37. The molecule has 1 N–H and O–H groups in total. The second kappa shape index (κ2) is 10.8. The fraction of sp³-hybridized carbons (Fsp3) is 0.185. The third-order valence-corrected chi connectivity index (χ3v) is 6.62. The van der Waals surface area contributed by atoms with Gasteiger partial charge in [-0.1, -0.05) is 0 Å². The van der Waals surface area contributed by atoms with Gasteiger partial charge in [0.05, 0.1) is 58.1 Å². The molecule has 0 aliphatic heterocycles. The molecule has 5 rings (SSSR count). The molecule has 5 aromatic rings. The predicted octanol–water partition coefficient (Wildman–Crippen LogP) is 5.65. The van der Waals surface area contributed by atoms with Crippen molar-refractivity contribution in [1.29, 1.82) is 5.26 Å². The van der Waals surface area contributed by atoms with Gasteiger partial charge in [-0.15, -0.1) is 11.3 Å². The summed E-state index contributed by atoms with van der Waals surface area (Å²) < 4.78 is 31.6. The van der Waals surface area contributed by atoms with Crippen LogP contribution in [0.15, 0.2) is 48.8 Å². The van der Waals surface area contributed by atoms with Crippen LogP contribution in [0.2, 0.25) is 0 Å². The highest BCUT2D eigenvalue weighted by Gasteiger charge is 2.18. The van der Waals surface area contributed by atoms with E-state index in [1.165, 1.54) is 36.9 Å². The van der Waals surface area contributed by atoms with Gasteiger partial charge in [0.2, 0.25) is 5.88 Å². The minimum Gasteiger partial charge on any atom is -0.484 e. The van der Waals surface area contributed by atoms with E-state index in [1.807, 2.05) is 6.92 Å². The second-order valence-electron chi connectivity index (χ2n) is 8.53. The van der Waals surface area contributed by atoms with Gasteiger partial charge in [-0.05, 0) is 38.1 Å². The minimum atomic E-state index is -0.674. The molecule has 3 heterocycles. The normalized spacial score (nSPS) is 11.7. The molecule has 0 saturated carbocycles. The fourth-order valence-corrected chi connectivity index (χ4v) is 4.70. The first-order chi connectivity index (χ1) is 18.8. The molecule has 39 heavy (non-hydrogen) atoms. The van der Waals surface area contributed by atoms with Crippen LogP contribution in [0.3, 0.4) is 0 Å². The van der Waals surface area contributed by atoms with E-state index in [4.69, 9.17) is 14.2 Å². The summed E-state index contributed by atoms with van der Waals surface area (Å²) in [5.41, 5.74) is 3.74. The summed E-state index contributed by atoms with van der Waals surface area (Å²) in [7, 11) is 1.48. The molecule has 0 unspecified atom stereocenters. The largest absolute Gasteiger partial charge is 0.484 e. The number of rotatable bonds is 7. The number of halogens is 1. The molecule has 12 heteroatoms. The van der Waals surface area contributed by atoms with Crippen LogP contribution in [0.25, 0.3) is 31.8 Å². The molecule has 0 bridgehead atoms. The van der Waals surface area contributed by atoms with E-state index in [2.05, 4.69) is 31.3 Å². The van der Waals surface area contributed by atoms with Gasteiger partial charge in [0, 0.05) is 23.4 Å². The molecule has 3 aromatic heterocycles. The summed E-state index contributed by atoms with van der Waals surface area (Å²) in [4.78, 5) is 29.6. The van der Waals surface area contributed by atoms with Gasteiger partial charge >= 0.3 is 6.09 Å². The number of hydrogen-bond donors (Lipinski definition) is 1. The van der Waals surface area contributed by atoms with Crippen LogP contribution in [0, 0.1) is 24.1 Å². The Labute approximate surface area is 226 Å². The molecule has 1 amide bonds. The second-order valence-corrected chi connectivity index (χ2v) is 9.56. The van der Waals surface area contributed by atoms with E-state index in [0.29, 0.717) is 49.0 Å². The third kappa shape index (κ3) is 5.68. The molecule has 1 atom stereocenters. The molecule has 0 fully saturated rings. The van der Waals surface area contributed by atoms with E-state index in [-0.39, 0.29) is 12.4 Å². The number of hydrogen-bond acceptors (Lipinski definition) is 10. The molecule has 0 aliphatic rings. The van der Waals surface area contributed by atoms with Crippen LogP contribution in [0.4, 0.5) is 14.9 Å². The van der Waals surface area contributed by atoms with E-state index in [1.54, 1.807) is 37.3 Å². The Hall–Kier alpha value is -4.89. The van der Waals surface area contributed by atoms with E-state index >= 15 is 0 Å². The number of amides is 1. The molecular weight excluding hydrogens is 523 g/mol. The lowest BCUT2D eigenvalue weighted by Crippen LogP contribution is -2.24. The van der Waals surface area contributed by atoms with Crippen LogP contribution < -0.4 is 14.8 Å². The first-order valence-electron chi connectivity index (χ1n) is 11.7. The average molecular weight is 545 g/mol. The number of aromatic nitrogens is 4. The van der Waals surface area contributed by atoms with Crippen molar-refractivity contribution >= 4 is 44.4 Å². The Bertz CT molecular complexity index is 1740. The molecule has 0 spiro atoms. The number of nitrogens with one attached hydrogen (secondary N) is 1. The third-order valence-electron chi connectivity index (χ3n) is 5.57. The zero-order chi connectivity index (χ0) is 27.5. The molecule has 0 saturated heterocycles. The van der Waals surface area contributed by atoms with Crippen molar-refractivity contribution in [2.45, 2.75) is 20.0 Å². The quantitative estimate of drug-likeness (QED) is 0.276. The van der Waals surface area contributed by atoms with Gasteiger partial charge in [0.1, 0.15) is 17.7 Å². The minimum absolute atomic E-state index is 0.00268. The van der Waals surface area contributed by atoms with E-state index < -0.39 is 18.0 Å². The maximum Gasteiger partial charge on any atom is 0.411 e. The van der Waals surface area contributed by atoms with Crippen molar-refractivity contribution in [3.8, 4) is 28.3 Å². The number of carbonyl (C=O) groups is 1. The number of fused-ring (bicyclic) bond motifs is 2. The van der Waals surface area contributed by atoms with E-state index in [0.717, 1.165) is 5.69 Å². The van der Waals surface area contributed by atoms with Gasteiger partial charge < -0.3 is 14.2 Å². The van der Waals surface area contributed by atoms with Gasteiger partial charge in [0.15, 0.2) is 11.6 Å². The zero-order valence-corrected chi connectivity index (χ0v) is 21.9. The Morgan fingerprint density at radius 1 is 1.15 bits per heavy atom. The number of methoxy groups -OCH3 is 1. The van der Waals surface area contributed by atoms with Crippen LogP contribution in [-0.2, 0) is 4.74 Å². The first-order valence-corrected chi connectivity index (χ1v) is 12.5. The smallest absolute Gasteiger partial charge is 0.411 e. The number of carbonyl (C=O) groups excluding carboxylic acids is 1. The number of nitrogens with zero attached hydrogens (tertiary/aromatic N) is 5. The lowest BCUT2D eigenvalue weighted by Gasteiger charge is -2.15. The summed E-state index contributed by atoms with van der Waals surface area (Å²) in [5, 5.41) is 12.6. The molecule has 196 valence electrons. The molecule has 0 radical (unpaired) electrons. The number of aryl methyl sites for hydroxylation is 1. The Morgan fingerprint density at radius 3 is 2.74 bits per heavy atom. The standard InChI is InChI=1S/C27H21FN6O4S/c1-14-4-5-17(11-30-14)32-27(35)37-13-15(2)38-22-9-23-20(8-19(22)28)34-26(39-23)18-6-16(10-29)7-21-25(18)31-12-24(33-21)36-3/h4-9,11-12,15H,13H2,1-3H3,(H,32,35)/t15-/m0/s1. The molecule has 0 aliphatic carbocycles. The molecular formula is C27H21FN6O4S.